The average molecular weight is 283 g/mol. The van der Waals surface area contributed by atoms with E-state index in [1.807, 2.05) is 12.2 Å². The molecule has 0 bridgehead atoms. The van der Waals surface area contributed by atoms with Gasteiger partial charge in [-0.2, -0.15) is 0 Å². The van der Waals surface area contributed by atoms with Gasteiger partial charge in [0.1, 0.15) is 11.6 Å². The van der Waals surface area contributed by atoms with Crippen LogP contribution in [0.4, 0.5) is 4.79 Å². The molecule has 114 valence electrons. The number of ether oxygens (including phenoxy) is 1. The highest BCUT2D eigenvalue weighted by Crippen LogP contribution is 2.20. The van der Waals surface area contributed by atoms with E-state index in [4.69, 9.17) is 4.74 Å². The van der Waals surface area contributed by atoms with Gasteiger partial charge in [-0.1, -0.05) is 25.0 Å². The summed E-state index contributed by atoms with van der Waals surface area (Å²) in [4.78, 5) is 23.1. The fourth-order valence-corrected chi connectivity index (χ4v) is 2.25. The van der Waals surface area contributed by atoms with Gasteiger partial charge in [-0.05, 0) is 40.0 Å². The smallest absolute Gasteiger partial charge is 0.408 e. The minimum Gasteiger partial charge on any atom is -0.480 e. The van der Waals surface area contributed by atoms with Crippen LogP contribution in [-0.4, -0.2) is 28.8 Å². The first kappa shape index (κ1) is 16.5. The van der Waals surface area contributed by atoms with Crippen molar-refractivity contribution in [1.82, 2.24) is 5.32 Å². The van der Waals surface area contributed by atoms with Gasteiger partial charge in [0.2, 0.25) is 0 Å². The zero-order chi connectivity index (χ0) is 15.2. The lowest BCUT2D eigenvalue weighted by Gasteiger charge is -2.26. The number of allylic oxidation sites excluding steroid dienone is 1. The van der Waals surface area contributed by atoms with Gasteiger partial charge < -0.3 is 15.2 Å². The summed E-state index contributed by atoms with van der Waals surface area (Å²) in [5.41, 5.74) is -0.635. The van der Waals surface area contributed by atoms with Gasteiger partial charge in [-0.15, -0.1) is 0 Å². The van der Waals surface area contributed by atoms with E-state index in [1.54, 1.807) is 20.8 Å². The predicted molar refractivity (Wildman–Crippen MR) is 76.5 cm³/mol. The number of alkyl carbamates (subject to hydrolysis) is 1. The van der Waals surface area contributed by atoms with Crippen molar-refractivity contribution in [3.8, 4) is 0 Å². The predicted octanol–water partition coefficient (Wildman–Crippen LogP) is 3.10. The van der Waals surface area contributed by atoms with Crippen LogP contribution in [0.1, 0.15) is 52.9 Å². The van der Waals surface area contributed by atoms with Gasteiger partial charge in [-0.3, -0.25) is 0 Å². The standard InChI is InChI=1S/C15H25NO4/c1-15(2,3)20-14(19)16-12(13(17)18)11-9-7-5-4-6-8-10-11/h7,9,11-12H,4-6,8,10H2,1-3H3,(H,16,19)(H,17,18)/b9-7-. The molecule has 0 heterocycles. The Morgan fingerprint density at radius 2 is 2.00 bits per heavy atom. The van der Waals surface area contributed by atoms with Gasteiger partial charge >= 0.3 is 12.1 Å². The molecule has 0 radical (unpaired) electrons. The number of nitrogens with one attached hydrogen (secondary N) is 1. The molecule has 1 amide bonds. The minimum absolute atomic E-state index is 0.180. The van der Waals surface area contributed by atoms with Crippen LogP contribution in [0.5, 0.6) is 0 Å². The van der Waals surface area contributed by atoms with Crippen LogP contribution in [0.15, 0.2) is 12.2 Å². The molecule has 20 heavy (non-hydrogen) atoms. The Morgan fingerprint density at radius 1 is 1.30 bits per heavy atom. The number of carbonyl (C=O) groups is 2. The maximum absolute atomic E-state index is 11.7. The van der Waals surface area contributed by atoms with E-state index in [2.05, 4.69) is 5.32 Å². The second kappa shape index (κ2) is 7.31. The molecule has 2 N–H and O–H groups in total. The van der Waals surface area contributed by atoms with Crippen molar-refractivity contribution in [2.75, 3.05) is 0 Å². The molecule has 2 unspecified atom stereocenters. The summed E-state index contributed by atoms with van der Waals surface area (Å²) in [6.07, 6.45) is 8.19. The van der Waals surface area contributed by atoms with Gasteiger partial charge in [0.05, 0.1) is 0 Å². The summed E-state index contributed by atoms with van der Waals surface area (Å²) in [6.45, 7) is 5.24. The SMILES string of the molecule is CC(C)(C)OC(=O)NC(C(=O)O)C1/C=C\CCCCC1. The van der Waals surface area contributed by atoms with Crippen LogP contribution >= 0.6 is 0 Å². The first-order valence-electron chi connectivity index (χ1n) is 7.18. The number of aliphatic carboxylic acids is 1. The minimum atomic E-state index is -1.02. The molecule has 0 aromatic heterocycles. The van der Waals surface area contributed by atoms with E-state index in [-0.39, 0.29) is 5.92 Å². The monoisotopic (exact) mass is 283 g/mol. The second-order valence-corrected chi connectivity index (χ2v) is 6.19. The maximum Gasteiger partial charge on any atom is 0.408 e. The van der Waals surface area contributed by atoms with Crippen molar-refractivity contribution >= 4 is 12.1 Å². The topological polar surface area (TPSA) is 75.6 Å². The Balaban J connectivity index is 2.70. The van der Waals surface area contributed by atoms with Gasteiger partial charge in [0.15, 0.2) is 0 Å². The quantitative estimate of drug-likeness (QED) is 0.780. The summed E-state index contributed by atoms with van der Waals surface area (Å²) in [5.74, 6) is -1.20. The molecular formula is C15H25NO4. The molecule has 1 rings (SSSR count). The first-order chi connectivity index (χ1) is 9.29. The number of rotatable bonds is 3. The Labute approximate surface area is 120 Å². The Bertz CT molecular complexity index is 371. The first-order valence-corrected chi connectivity index (χ1v) is 7.18. The molecule has 0 aliphatic heterocycles. The Morgan fingerprint density at radius 3 is 2.60 bits per heavy atom. The van der Waals surface area contributed by atoms with Gasteiger partial charge in [-0.25, -0.2) is 9.59 Å². The molecule has 0 aromatic rings. The van der Waals surface area contributed by atoms with Crippen LogP contribution in [0.3, 0.4) is 0 Å². The molecule has 5 nitrogen and oxygen atoms in total. The van der Waals surface area contributed by atoms with Crippen molar-refractivity contribution < 1.29 is 19.4 Å². The molecular weight excluding hydrogens is 258 g/mol. The average Bonchev–Trinajstić information content (AvgIpc) is 2.23. The fraction of sp³-hybridized carbons (Fsp3) is 0.733. The molecule has 5 heteroatoms. The number of carboxylic acids is 1. The van der Waals surface area contributed by atoms with Crippen molar-refractivity contribution in [3.05, 3.63) is 12.2 Å². The molecule has 0 saturated carbocycles. The van der Waals surface area contributed by atoms with E-state index in [0.717, 1.165) is 32.1 Å². The molecule has 0 spiro atoms. The number of hydrogen-bond acceptors (Lipinski definition) is 3. The number of amides is 1. The lowest BCUT2D eigenvalue weighted by Crippen LogP contribution is -2.47. The number of hydrogen-bond donors (Lipinski definition) is 2. The number of carbonyl (C=O) groups excluding carboxylic acids is 1. The van der Waals surface area contributed by atoms with Crippen molar-refractivity contribution in [2.24, 2.45) is 5.92 Å². The van der Waals surface area contributed by atoms with Crippen LogP contribution in [-0.2, 0) is 9.53 Å². The van der Waals surface area contributed by atoms with E-state index >= 15 is 0 Å². The molecule has 0 fully saturated rings. The normalized spacial score (nSPS) is 23.1. The summed E-state index contributed by atoms with van der Waals surface area (Å²) >= 11 is 0. The summed E-state index contributed by atoms with van der Waals surface area (Å²) < 4.78 is 5.13. The van der Waals surface area contributed by atoms with Gasteiger partial charge in [0, 0.05) is 5.92 Å². The summed E-state index contributed by atoms with van der Waals surface area (Å²) in [7, 11) is 0. The highest BCUT2D eigenvalue weighted by Gasteiger charge is 2.29. The van der Waals surface area contributed by atoms with Crippen molar-refractivity contribution in [2.45, 2.75) is 64.5 Å². The number of carboxylic acid groups (broad SMARTS) is 1. The van der Waals surface area contributed by atoms with Crippen LogP contribution in [0.25, 0.3) is 0 Å². The third-order valence-corrected chi connectivity index (χ3v) is 3.16. The highest BCUT2D eigenvalue weighted by molar-refractivity contribution is 5.80. The zero-order valence-corrected chi connectivity index (χ0v) is 12.5. The summed E-state index contributed by atoms with van der Waals surface area (Å²) in [5, 5.41) is 11.8. The largest absolute Gasteiger partial charge is 0.480 e. The Hall–Kier alpha value is -1.52. The molecule has 1 aliphatic carbocycles. The maximum atomic E-state index is 11.7. The van der Waals surface area contributed by atoms with Gasteiger partial charge in [0.25, 0.3) is 0 Å². The van der Waals surface area contributed by atoms with Crippen LogP contribution < -0.4 is 5.32 Å². The Kier molecular flexibility index (Phi) is 6.05. The zero-order valence-electron chi connectivity index (χ0n) is 12.5. The van der Waals surface area contributed by atoms with E-state index in [1.165, 1.54) is 0 Å². The van der Waals surface area contributed by atoms with Crippen molar-refractivity contribution in [3.63, 3.8) is 0 Å². The molecule has 0 aromatic carbocycles. The summed E-state index contributed by atoms with van der Waals surface area (Å²) in [6, 6.07) is -0.931. The third kappa shape index (κ3) is 6.08. The highest BCUT2D eigenvalue weighted by atomic mass is 16.6. The van der Waals surface area contributed by atoms with E-state index in [0.29, 0.717) is 0 Å². The van der Waals surface area contributed by atoms with E-state index in [9.17, 15) is 14.7 Å². The molecule has 1 aliphatic rings. The third-order valence-electron chi connectivity index (χ3n) is 3.16. The molecule has 2 atom stereocenters. The van der Waals surface area contributed by atoms with Crippen LogP contribution in [0, 0.1) is 5.92 Å². The lowest BCUT2D eigenvalue weighted by atomic mass is 9.90. The second-order valence-electron chi connectivity index (χ2n) is 6.19. The van der Waals surface area contributed by atoms with Crippen LogP contribution in [0.2, 0.25) is 0 Å². The molecule has 0 saturated heterocycles. The lowest BCUT2D eigenvalue weighted by molar-refractivity contribution is -0.140. The van der Waals surface area contributed by atoms with Crippen molar-refractivity contribution in [1.29, 1.82) is 0 Å². The fourth-order valence-electron chi connectivity index (χ4n) is 2.25. The van der Waals surface area contributed by atoms with E-state index < -0.39 is 23.7 Å².